The third kappa shape index (κ3) is 3.62. The molecule has 0 aliphatic rings. The van der Waals surface area contributed by atoms with Crippen LogP contribution in [0.5, 0.6) is 0 Å². The highest BCUT2D eigenvalue weighted by atomic mass is 15.0. The summed E-state index contributed by atoms with van der Waals surface area (Å²) in [5.74, 6) is 0. The van der Waals surface area contributed by atoms with Gasteiger partial charge in [0.15, 0.2) is 0 Å². The van der Waals surface area contributed by atoms with Gasteiger partial charge in [-0.1, -0.05) is 115 Å². The van der Waals surface area contributed by atoms with Crippen LogP contribution in [0.25, 0.3) is 83.0 Å². The number of nitrogens with zero attached hydrogens (tertiary/aromatic N) is 2. The number of hydrogen-bond acceptors (Lipinski definition) is 1. The molecule has 0 bridgehead atoms. The molecule has 0 atom stereocenters. The Kier molecular flexibility index (Phi) is 5.71. The Hall–Kier alpha value is -5.64. The van der Waals surface area contributed by atoms with E-state index in [2.05, 4.69) is 162 Å². The van der Waals surface area contributed by atoms with Crippen LogP contribution >= 0.6 is 0 Å². The molecule has 6 aromatic carbocycles. The fourth-order valence-corrected chi connectivity index (χ4v) is 7.59. The minimum Gasteiger partial charge on any atom is -0.326 e. The first-order valence-electron chi connectivity index (χ1n) is 15.6. The van der Waals surface area contributed by atoms with E-state index >= 15 is 0 Å². The molecule has 3 aromatic heterocycles. The van der Waals surface area contributed by atoms with Gasteiger partial charge >= 0.3 is 0 Å². The van der Waals surface area contributed by atoms with E-state index in [1.165, 1.54) is 82.5 Å². The number of fused-ring (bicyclic) bond motifs is 6. The Balaban J connectivity index is 1.42. The van der Waals surface area contributed by atoms with Crippen LogP contribution in [0.15, 0.2) is 140 Å². The average Bonchev–Trinajstić information content (AvgIpc) is 3.73. The first-order valence-corrected chi connectivity index (χ1v) is 15.6. The number of hydrogen-bond donors (Lipinski definition) is 1. The van der Waals surface area contributed by atoms with Crippen molar-refractivity contribution in [3.63, 3.8) is 0 Å². The molecule has 0 aliphatic carbocycles. The maximum absolute atomic E-state index is 6.41. The third-order valence-electron chi connectivity index (χ3n) is 9.42. The molecule has 2 N–H and O–H groups in total. The maximum Gasteiger partial charge on any atom is 0.0623 e. The van der Waals surface area contributed by atoms with Crippen LogP contribution in [0, 0.1) is 0 Å². The van der Waals surface area contributed by atoms with Crippen LogP contribution in [0.1, 0.15) is 18.2 Å². The number of rotatable bonds is 5. The topological polar surface area (TPSA) is 35.4 Å². The Morgan fingerprint density at radius 3 is 2.11 bits per heavy atom. The molecule has 0 saturated heterocycles. The van der Waals surface area contributed by atoms with E-state index in [1.54, 1.807) is 0 Å². The molecule has 0 unspecified atom stereocenters. The van der Waals surface area contributed by atoms with Crippen LogP contribution in [0.2, 0.25) is 0 Å². The van der Waals surface area contributed by atoms with Crippen LogP contribution < -0.4 is 5.73 Å². The lowest BCUT2D eigenvalue weighted by atomic mass is 9.95. The zero-order valence-corrected chi connectivity index (χ0v) is 25.0. The minimum absolute atomic E-state index is 0.492. The van der Waals surface area contributed by atoms with Crippen molar-refractivity contribution < 1.29 is 0 Å². The van der Waals surface area contributed by atoms with Gasteiger partial charge < -0.3 is 14.7 Å². The first kappa shape index (κ1) is 25.8. The van der Waals surface area contributed by atoms with Crippen LogP contribution in [-0.4, -0.2) is 8.97 Å². The van der Waals surface area contributed by atoms with Gasteiger partial charge in [-0.3, -0.25) is 0 Å². The average molecular weight is 578 g/mol. The Morgan fingerprint density at radius 1 is 0.578 bits per heavy atom. The highest BCUT2D eigenvalue weighted by Crippen LogP contribution is 2.46. The van der Waals surface area contributed by atoms with Crippen molar-refractivity contribution in [2.75, 3.05) is 0 Å². The molecule has 0 radical (unpaired) electrons. The first-order chi connectivity index (χ1) is 22.3. The summed E-state index contributed by atoms with van der Waals surface area (Å²) >= 11 is 0. The number of para-hydroxylation sites is 3. The second-order valence-corrected chi connectivity index (χ2v) is 11.8. The lowest BCUT2D eigenvalue weighted by Crippen LogP contribution is -1.98. The number of allylic oxidation sites excluding steroid dienone is 1. The van der Waals surface area contributed by atoms with E-state index in [9.17, 15) is 0 Å². The number of nitrogens with two attached hydrogens (primary N) is 1. The second-order valence-electron chi connectivity index (χ2n) is 11.8. The van der Waals surface area contributed by atoms with Crippen molar-refractivity contribution in [1.82, 2.24) is 8.97 Å². The van der Waals surface area contributed by atoms with Crippen molar-refractivity contribution in [3.8, 4) is 27.9 Å². The monoisotopic (exact) mass is 577 g/mol. The zero-order valence-electron chi connectivity index (χ0n) is 25.0. The summed E-state index contributed by atoms with van der Waals surface area (Å²) in [7, 11) is 0. The standard InChI is InChI=1S/C42H31N3/c1-2-12-37-36(26-43)34-24-23-31(40-35-18-7-9-22-39(35)45(37)42(34)40)33-20-11-19-32-30-17-6-8-21-38(30)44(41(32)33)29-16-10-15-28(25-29)27-13-4-3-5-14-27/h2-25H,26,43H2,1H3/b12-2-. The van der Waals surface area contributed by atoms with E-state index < -0.39 is 0 Å². The third-order valence-corrected chi connectivity index (χ3v) is 9.42. The van der Waals surface area contributed by atoms with Gasteiger partial charge in [0.25, 0.3) is 0 Å². The van der Waals surface area contributed by atoms with Gasteiger partial charge in [0.2, 0.25) is 0 Å². The summed E-state index contributed by atoms with van der Waals surface area (Å²) in [5, 5.41) is 6.26. The molecular formula is C42H31N3. The quantitative estimate of drug-likeness (QED) is 0.217. The van der Waals surface area contributed by atoms with Gasteiger partial charge in [-0.15, -0.1) is 0 Å². The molecule has 0 aliphatic heterocycles. The molecule has 0 fully saturated rings. The SMILES string of the molecule is C/C=C\c1c(CN)c2ccc(-c3cccc4c5ccccc5n(-c5cccc(-c6ccccc6)c5)c34)c3c4ccccc4n1c23. The van der Waals surface area contributed by atoms with Gasteiger partial charge in [0.1, 0.15) is 0 Å². The van der Waals surface area contributed by atoms with Crippen LogP contribution in [0.4, 0.5) is 0 Å². The van der Waals surface area contributed by atoms with Gasteiger partial charge in [-0.05, 0) is 59.5 Å². The van der Waals surface area contributed by atoms with Crippen molar-refractivity contribution in [1.29, 1.82) is 0 Å². The summed E-state index contributed by atoms with van der Waals surface area (Å²) < 4.78 is 4.88. The molecule has 9 aromatic rings. The van der Waals surface area contributed by atoms with E-state index in [0.717, 1.165) is 5.69 Å². The van der Waals surface area contributed by atoms with E-state index in [4.69, 9.17) is 5.73 Å². The van der Waals surface area contributed by atoms with Gasteiger partial charge in [0, 0.05) is 44.7 Å². The highest BCUT2D eigenvalue weighted by molar-refractivity contribution is 6.24. The van der Waals surface area contributed by atoms with E-state index in [-0.39, 0.29) is 0 Å². The lowest BCUT2D eigenvalue weighted by molar-refractivity contribution is 1.07. The molecule has 3 heterocycles. The minimum atomic E-state index is 0.492. The normalized spacial score (nSPS) is 12.2. The molecule has 0 amide bonds. The Morgan fingerprint density at radius 2 is 1.29 bits per heavy atom. The predicted octanol–water partition coefficient (Wildman–Crippen LogP) is 10.6. The summed E-state index contributed by atoms with van der Waals surface area (Å²) in [6.07, 6.45) is 4.31. The second kappa shape index (κ2) is 9.95. The largest absolute Gasteiger partial charge is 0.326 e. The van der Waals surface area contributed by atoms with Gasteiger partial charge in [0.05, 0.1) is 27.8 Å². The Labute approximate surface area is 261 Å². The molecule has 45 heavy (non-hydrogen) atoms. The van der Waals surface area contributed by atoms with Crippen molar-refractivity contribution >= 4 is 55.1 Å². The summed E-state index contributed by atoms with van der Waals surface area (Å²) in [4.78, 5) is 0. The van der Waals surface area contributed by atoms with E-state index in [1.807, 2.05) is 0 Å². The molecule has 214 valence electrons. The molecular weight excluding hydrogens is 546 g/mol. The van der Waals surface area contributed by atoms with Crippen molar-refractivity contribution in [3.05, 3.63) is 151 Å². The summed E-state index contributed by atoms with van der Waals surface area (Å²) in [6, 6.07) is 48.5. The van der Waals surface area contributed by atoms with Gasteiger partial charge in [-0.25, -0.2) is 0 Å². The van der Waals surface area contributed by atoms with Crippen molar-refractivity contribution in [2.45, 2.75) is 13.5 Å². The summed E-state index contributed by atoms with van der Waals surface area (Å²) in [5.41, 5.74) is 19.7. The zero-order chi connectivity index (χ0) is 30.1. The summed E-state index contributed by atoms with van der Waals surface area (Å²) in [6.45, 7) is 2.57. The molecule has 3 nitrogen and oxygen atoms in total. The number of benzene rings is 6. The Bertz CT molecular complexity index is 2580. The fourth-order valence-electron chi connectivity index (χ4n) is 7.59. The fraction of sp³-hybridized carbons (Fsp3) is 0.0476. The lowest BCUT2D eigenvalue weighted by Gasteiger charge is -2.14. The predicted molar refractivity (Wildman–Crippen MR) is 191 cm³/mol. The van der Waals surface area contributed by atoms with Crippen molar-refractivity contribution in [2.24, 2.45) is 5.73 Å². The smallest absolute Gasteiger partial charge is 0.0623 e. The molecule has 9 rings (SSSR count). The van der Waals surface area contributed by atoms with Crippen LogP contribution in [-0.2, 0) is 6.54 Å². The van der Waals surface area contributed by atoms with E-state index in [0.29, 0.717) is 6.54 Å². The van der Waals surface area contributed by atoms with Crippen LogP contribution in [0.3, 0.4) is 0 Å². The molecule has 3 heteroatoms. The molecule has 0 spiro atoms. The van der Waals surface area contributed by atoms with Gasteiger partial charge in [-0.2, -0.15) is 0 Å². The highest BCUT2D eigenvalue weighted by Gasteiger charge is 2.24. The molecule has 0 saturated carbocycles. The maximum atomic E-state index is 6.41. The number of aromatic nitrogens is 2.